The monoisotopic (exact) mass is 572 g/mol. The number of hydrogen-bond acceptors (Lipinski definition) is 8. The molecule has 4 heterocycles. The number of carbonyl (C=O) groups is 2. The number of Topliss-reactive ketones (excluding diaryl/α,β-unsaturated/α-hetero) is 2. The molecule has 0 unspecified atom stereocenters. The molecule has 0 atom stereocenters. The summed E-state index contributed by atoms with van der Waals surface area (Å²) in [4.78, 5) is 78.9. The number of carbonyl (C=O) groups excluding carboxylic acids is 2. The minimum absolute atomic E-state index is 0. The molecule has 14 nitrogen and oxygen atoms in total. The van der Waals surface area contributed by atoms with Gasteiger partial charge in [-0.3, -0.25) is 27.9 Å². The third-order valence-corrected chi connectivity index (χ3v) is 6.72. The van der Waals surface area contributed by atoms with Crippen molar-refractivity contribution in [3.63, 3.8) is 0 Å². The molecule has 0 fully saturated rings. The van der Waals surface area contributed by atoms with E-state index in [1.165, 1.54) is 44.8 Å². The minimum Gasteiger partial charge on any atom is -0.328 e. The summed E-state index contributed by atoms with van der Waals surface area (Å²) in [7, 11) is 6.65. The third-order valence-electron chi connectivity index (χ3n) is 6.72. The molecular weight excluding hydrogens is 532 g/mol. The molecule has 4 aromatic rings. The highest BCUT2D eigenvalue weighted by atomic mass is 16.2. The van der Waals surface area contributed by atoms with E-state index in [9.17, 15) is 28.8 Å². The van der Waals surface area contributed by atoms with Crippen LogP contribution in [0.2, 0.25) is 0 Å². The Kier molecular flexibility index (Phi) is 11.1. The van der Waals surface area contributed by atoms with Gasteiger partial charge in [0.15, 0.2) is 22.3 Å². The Balaban J connectivity index is 0.000000280. The summed E-state index contributed by atoms with van der Waals surface area (Å²) < 4.78 is 8.41. The van der Waals surface area contributed by atoms with Crippen molar-refractivity contribution in [2.75, 3.05) is 0 Å². The van der Waals surface area contributed by atoms with Gasteiger partial charge in [-0.05, 0) is 39.5 Å². The van der Waals surface area contributed by atoms with Crippen LogP contribution in [-0.2, 0) is 50.9 Å². The van der Waals surface area contributed by atoms with E-state index in [1.807, 2.05) is 0 Å². The molecule has 0 saturated carbocycles. The standard InChI is InChI=1S/2C13H18N4O3.CH4/c2*1-9(18)6-4-5-7-17-12(19)10-11(14-8-15(10)2)16(3)13(17)20;/h2*8H,4-7H2,1-3H3;1H4. The molecule has 14 heteroatoms. The Morgan fingerprint density at radius 2 is 0.976 bits per heavy atom. The first-order valence-electron chi connectivity index (χ1n) is 13.1. The quantitative estimate of drug-likeness (QED) is 0.255. The fourth-order valence-corrected chi connectivity index (χ4v) is 4.47. The highest BCUT2D eigenvalue weighted by Crippen LogP contribution is 2.05. The zero-order valence-electron chi connectivity index (χ0n) is 23.8. The van der Waals surface area contributed by atoms with Crippen LogP contribution in [0.5, 0.6) is 0 Å². The predicted molar refractivity (Wildman–Crippen MR) is 156 cm³/mol. The molecule has 4 rings (SSSR count). The van der Waals surface area contributed by atoms with Crippen molar-refractivity contribution in [2.24, 2.45) is 28.2 Å². The zero-order valence-corrected chi connectivity index (χ0v) is 23.8. The SMILES string of the molecule is C.CC(=O)CCCCn1c(=O)c2c(ncn2C)n(C)c1=O.CC(=O)CCCCn1c(=O)c2c(ncn2C)n(C)c1=O. The molecule has 0 aliphatic heterocycles. The Morgan fingerprint density at radius 3 is 1.29 bits per heavy atom. The van der Waals surface area contributed by atoms with Crippen LogP contribution in [0.25, 0.3) is 22.3 Å². The van der Waals surface area contributed by atoms with E-state index < -0.39 is 0 Å². The van der Waals surface area contributed by atoms with Crippen LogP contribution < -0.4 is 22.5 Å². The molecule has 0 spiro atoms. The van der Waals surface area contributed by atoms with Gasteiger partial charge in [-0.1, -0.05) is 7.43 Å². The van der Waals surface area contributed by atoms with Crippen LogP contribution in [0.1, 0.15) is 59.8 Å². The molecule has 0 bridgehead atoms. The van der Waals surface area contributed by atoms with E-state index in [0.717, 1.165) is 0 Å². The number of rotatable bonds is 10. The molecule has 0 amide bonds. The van der Waals surface area contributed by atoms with Crippen molar-refractivity contribution in [3.8, 4) is 0 Å². The van der Waals surface area contributed by atoms with Crippen molar-refractivity contribution in [3.05, 3.63) is 54.3 Å². The number of nitrogens with zero attached hydrogens (tertiary/aromatic N) is 8. The van der Waals surface area contributed by atoms with Gasteiger partial charge in [0, 0.05) is 54.1 Å². The largest absolute Gasteiger partial charge is 0.332 e. The van der Waals surface area contributed by atoms with Crippen molar-refractivity contribution < 1.29 is 9.59 Å². The predicted octanol–water partition coefficient (Wildman–Crippen LogP) is 1.02. The van der Waals surface area contributed by atoms with Gasteiger partial charge in [0.2, 0.25) is 0 Å². The van der Waals surface area contributed by atoms with E-state index in [-0.39, 0.29) is 41.5 Å². The van der Waals surface area contributed by atoms with Gasteiger partial charge in [0.1, 0.15) is 11.6 Å². The van der Waals surface area contributed by atoms with Crippen LogP contribution in [0, 0.1) is 0 Å². The Hall–Kier alpha value is -4.36. The lowest BCUT2D eigenvalue weighted by Gasteiger charge is -2.08. The second-order valence-corrected chi connectivity index (χ2v) is 9.97. The maximum atomic E-state index is 12.3. The molecule has 224 valence electrons. The van der Waals surface area contributed by atoms with Gasteiger partial charge in [0.25, 0.3) is 11.1 Å². The molecule has 0 aliphatic rings. The molecular formula is C27H40N8O6. The molecule has 0 radical (unpaired) electrons. The lowest BCUT2D eigenvalue weighted by atomic mass is 10.2. The summed E-state index contributed by atoms with van der Waals surface area (Å²) in [5.74, 6) is 0.236. The van der Waals surface area contributed by atoms with Gasteiger partial charge in [-0.15, -0.1) is 0 Å². The first-order chi connectivity index (χ1) is 18.9. The third kappa shape index (κ3) is 7.05. The Bertz CT molecular complexity index is 1670. The van der Waals surface area contributed by atoms with Crippen molar-refractivity contribution in [1.82, 2.24) is 37.4 Å². The lowest BCUT2D eigenvalue weighted by molar-refractivity contribution is -0.118. The molecule has 0 aliphatic carbocycles. The fraction of sp³-hybridized carbons (Fsp3) is 0.556. The Morgan fingerprint density at radius 1 is 0.634 bits per heavy atom. The summed E-state index contributed by atoms with van der Waals surface area (Å²) >= 11 is 0. The fourth-order valence-electron chi connectivity index (χ4n) is 4.47. The second-order valence-electron chi connectivity index (χ2n) is 9.97. The van der Waals surface area contributed by atoms with Gasteiger partial charge in [-0.25, -0.2) is 19.6 Å². The van der Waals surface area contributed by atoms with E-state index in [4.69, 9.17) is 0 Å². The van der Waals surface area contributed by atoms with Crippen LogP contribution in [0.4, 0.5) is 0 Å². The van der Waals surface area contributed by atoms with Crippen molar-refractivity contribution in [2.45, 2.75) is 72.9 Å². The average molecular weight is 573 g/mol. The first-order valence-corrected chi connectivity index (χ1v) is 13.1. The van der Waals surface area contributed by atoms with Gasteiger partial charge < -0.3 is 18.7 Å². The number of ketones is 2. The summed E-state index contributed by atoms with van der Waals surface area (Å²) in [6, 6.07) is 0. The topological polar surface area (TPSA) is 158 Å². The van der Waals surface area contributed by atoms with Crippen LogP contribution >= 0.6 is 0 Å². The molecule has 0 N–H and O–H groups in total. The molecule has 41 heavy (non-hydrogen) atoms. The number of aromatic nitrogens is 8. The highest BCUT2D eigenvalue weighted by molar-refractivity contribution is 5.75. The van der Waals surface area contributed by atoms with E-state index in [2.05, 4.69) is 9.97 Å². The van der Waals surface area contributed by atoms with E-state index in [0.29, 0.717) is 73.9 Å². The number of aryl methyl sites for hydroxylation is 4. The summed E-state index contributed by atoms with van der Waals surface area (Å²) in [6.45, 7) is 3.71. The van der Waals surface area contributed by atoms with Crippen LogP contribution in [0.15, 0.2) is 31.8 Å². The van der Waals surface area contributed by atoms with Crippen LogP contribution in [-0.4, -0.2) is 48.9 Å². The Labute approximate surface area is 236 Å². The molecule has 4 aromatic heterocycles. The van der Waals surface area contributed by atoms with E-state index in [1.54, 1.807) is 37.3 Å². The van der Waals surface area contributed by atoms with Gasteiger partial charge >= 0.3 is 11.4 Å². The maximum Gasteiger partial charge on any atom is 0.332 e. The minimum atomic E-state index is -0.371. The second kappa shape index (κ2) is 13.8. The molecule has 0 saturated heterocycles. The van der Waals surface area contributed by atoms with E-state index >= 15 is 0 Å². The van der Waals surface area contributed by atoms with Gasteiger partial charge in [0.05, 0.1) is 12.7 Å². The number of fused-ring (bicyclic) bond motifs is 2. The van der Waals surface area contributed by atoms with Crippen molar-refractivity contribution in [1.29, 1.82) is 0 Å². The summed E-state index contributed by atoms with van der Waals surface area (Å²) in [5.41, 5.74) is 0.215. The summed E-state index contributed by atoms with van der Waals surface area (Å²) in [6.07, 6.45) is 6.59. The zero-order chi connectivity index (χ0) is 29.7. The van der Waals surface area contributed by atoms with Crippen LogP contribution in [0.3, 0.4) is 0 Å². The van der Waals surface area contributed by atoms with Gasteiger partial charge in [-0.2, -0.15) is 0 Å². The lowest BCUT2D eigenvalue weighted by Crippen LogP contribution is -2.39. The maximum absolute atomic E-state index is 12.3. The highest BCUT2D eigenvalue weighted by Gasteiger charge is 2.15. The first kappa shape index (κ1) is 32.8. The normalized spacial score (nSPS) is 10.9. The average Bonchev–Trinajstić information content (AvgIpc) is 3.48. The smallest absolute Gasteiger partial charge is 0.328 e. The number of unbranched alkanes of at least 4 members (excludes halogenated alkanes) is 2. The van der Waals surface area contributed by atoms with Crippen molar-refractivity contribution >= 4 is 33.9 Å². The number of hydrogen-bond donors (Lipinski definition) is 0. The molecule has 0 aromatic carbocycles. The summed E-state index contributed by atoms with van der Waals surface area (Å²) in [5, 5.41) is 0. The number of imidazole rings is 2.